The zero-order valence-electron chi connectivity index (χ0n) is 22.4. The van der Waals surface area contributed by atoms with Crippen LogP contribution >= 0.6 is 0 Å². The van der Waals surface area contributed by atoms with Crippen molar-refractivity contribution in [3.63, 3.8) is 0 Å². The van der Waals surface area contributed by atoms with Crippen LogP contribution in [0, 0.1) is 0 Å². The largest absolute Gasteiger partial charge is 0.496 e. The number of hydrogen-bond donors (Lipinski definition) is 1. The maximum absolute atomic E-state index is 13.2. The number of aryl methyl sites for hydroxylation is 1. The van der Waals surface area contributed by atoms with Gasteiger partial charge in [-0.05, 0) is 41.6 Å². The molecule has 39 heavy (non-hydrogen) atoms. The van der Waals surface area contributed by atoms with Crippen LogP contribution in [0.15, 0.2) is 33.5 Å². The fourth-order valence-electron chi connectivity index (χ4n) is 4.14. The number of aliphatic hydroxyl groups is 1. The lowest BCUT2D eigenvalue weighted by atomic mass is 9.96. The summed E-state index contributed by atoms with van der Waals surface area (Å²) in [7, 11) is 8.13. The van der Waals surface area contributed by atoms with E-state index in [1.165, 1.54) is 41.6 Å². The molecule has 0 saturated heterocycles. The number of ether oxygens (including phenoxy) is 7. The Morgan fingerprint density at radius 3 is 2.15 bits per heavy atom. The van der Waals surface area contributed by atoms with Gasteiger partial charge in [0.25, 0.3) is 0 Å². The van der Waals surface area contributed by atoms with Gasteiger partial charge in [0.05, 0.1) is 41.1 Å². The lowest BCUT2D eigenvalue weighted by Crippen LogP contribution is -2.16. The van der Waals surface area contributed by atoms with Crippen LogP contribution in [0.5, 0.6) is 28.7 Å². The molecule has 3 rings (SSSR count). The van der Waals surface area contributed by atoms with E-state index in [0.29, 0.717) is 16.7 Å². The predicted octanol–water partition coefficient (Wildman–Crippen LogP) is 2.83. The van der Waals surface area contributed by atoms with Crippen molar-refractivity contribution >= 4 is 22.5 Å². The summed E-state index contributed by atoms with van der Waals surface area (Å²) in [5.41, 5.74) is -0.276. The van der Waals surface area contributed by atoms with E-state index < -0.39 is 23.5 Å². The summed E-state index contributed by atoms with van der Waals surface area (Å²) < 4.78 is 42.0. The molecule has 0 amide bonds. The Labute approximate surface area is 223 Å². The van der Waals surface area contributed by atoms with Crippen molar-refractivity contribution in [1.82, 2.24) is 0 Å². The van der Waals surface area contributed by atoms with E-state index in [1.54, 1.807) is 18.2 Å². The molecule has 12 heteroatoms. The normalized spacial score (nSPS) is 11.6. The summed E-state index contributed by atoms with van der Waals surface area (Å²) in [6.45, 7) is -0.185. The standard InChI is InChI=1S/C27H30O12/c1-32-13-38-23-14(11-15-12-19(26(30)37-6)39-27(31)20(15)25(23)36-5)7-8-16(28)22(29)21-17(33-2)9-10-18(34-3)24(21)35-4/h9-12,22,29H,7-8,13H2,1-6H3. The molecule has 0 aliphatic heterocycles. The van der Waals surface area contributed by atoms with Gasteiger partial charge < -0.3 is 42.7 Å². The van der Waals surface area contributed by atoms with Gasteiger partial charge in [-0.3, -0.25) is 4.79 Å². The maximum atomic E-state index is 13.2. The van der Waals surface area contributed by atoms with Crippen molar-refractivity contribution in [2.45, 2.75) is 18.9 Å². The Balaban J connectivity index is 2.06. The number of hydrogen-bond acceptors (Lipinski definition) is 12. The van der Waals surface area contributed by atoms with Gasteiger partial charge in [-0.1, -0.05) is 0 Å². The third-order valence-electron chi connectivity index (χ3n) is 5.93. The van der Waals surface area contributed by atoms with Crippen LogP contribution in [-0.2, 0) is 20.7 Å². The minimum Gasteiger partial charge on any atom is -0.496 e. The molecule has 1 atom stereocenters. The fourth-order valence-corrected chi connectivity index (χ4v) is 4.14. The van der Waals surface area contributed by atoms with E-state index in [2.05, 4.69) is 4.74 Å². The number of esters is 1. The van der Waals surface area contributed by atoms with Gasteiger partial charge in [-0.25, -0.2) is 9.59 Å². The third-order valence-corrected chi connectivity index (χ3v) is 5.93. The monoisotopic (exact) mass is 546 g/mol. The SMILES string of the molecule is COCOc1c(CCC(=O)C(O)c2c(OC)ccc(OC)c2OC)cc2cc(C(=O)OC)oc(=O)c2c1OC. The van der Waals surface area contributed by atoms with Crippen LogP contribution in [0.2, 0.25) is 0 Å². The van der Waals surface area contributed by atoms with E-state index in [-0.39, 0.29) is 59.3 Å². The van der Waals surface area contributed by atoms with Crippen molar-refractivity contribution in [3.05, 3.63) is 51.6 Å². The first-order valence-electron chi connectivity index (χ1n) is 11.6. The first-order chi connectivity index (χ1) is 18.8. The molecule has 0 fully saturated rings. The van der Waals surface area contributed by atoms with Crippen LogP contribution in [0.25, 0.3) is 10.8 Å². The number of methoxy groups -OCH3 is 6. The molecule has 0 aliphatic rings. The number of carbonyl (C=O) groups is 2. The van der Waals surface area contributed by atoms with Crippen LogP contribution in [0.4, 0.5) is 0 Å². The second-order valence-electron chi connectivity index (χ2n) is 8.09. The summed E-state index contributed by atoms with van der Waals surface area (Å²) in [4.78, 5) is 38.0. The topological polar surface area (TPSA) is 149 Å². The first-order valence-corrected chi connectivity index (χ1v) is 11.6. The fraction of sp³-hybridized carbons (Fsp3) is 0.370. The second-order valence-corrected chi connectivity index (χ2v) is 8.09. The van der Waals surface area contributed by atoms with Crippen LogP contribution < -0.4 is 29.3 Å². The molecule has 0 aliphatic carbocycles. The van der Waals surface area contributed by atoms with E-state index in [9.17, 15) is 19.5 Å². The molecule has 1 N–H and O–H groups in total. The highest BCUT2D eigenvalue weighted by Gasteiger charge is 2.29. The van der Waals surface area contributed by atoms with Crippen LogP contribution in [-0.4, -0.2) is 66.3 Å². The van der Waals surface area contributed by atoms with Crippen molar-refractivity contribution in [2.75, 3.05) is 49.5 Å². The van der Waals surface area contributed by atoms with Gasteiger partial charge in [-0.2, -0.15) is 0 Å². The molecular weight excluding hydrogens is 516 g/mol. The summed E-state index contributed by atoms with van der Waals surface area (Å²) in [6, 6.07) is 6.05. The minimum absolute atomic E-state index is 0.0252. The zero-order chi connectivity index (χ0) is 28.7. The Bertz CT molecular complexity index is 1410. The Kier molecular flexibility index (Phi) is 9.74. The van der Waals surface area contributed by atoms with E-state index in [1.807, 2.05) is 0 Å². The van der Waals surface area contributed by atoms with Crippen molar-refractivity contribution in [2.24, 2.45) is 0 Å². The molecule has 0 saturated carbocycles. The number of ketones is 1. The van der Waals surface area contributed by atoms with E-state index >= 15 is 0 Å². The Morgan fingerprint density at radius 2 is 1.56 bits per heavy atom. The molecule has 12 nitrogen and oxygen atoms in total. The predicted molar refractivity (Wildman–Crippen MR) is 137 cm³/mol. The van der Waals surface area contributed by atoms with Crippen molar-refractivity contribution in [1.29, 1.82) is 0 Å². The molecule has 3 aromatic rings. The second kappa shape index (κ2) is 13.0. The summed E-state index contributed by atoms with van der Waals surface area (Å²) in [5, 5.41) is 11.3. The van der Waals surface area contributed by atoms with E-state index in [0.717, 1.165) is 7.11 Å². The van der Waals surface area contributed by atoms with Gasteiger partial charge in [0, 0.05) is 13.5 Å². The number of benzene rings is 2. The van der Waals surface area contributed by atoms with Gasteiger partial charge in [0.1, 0.15) is 17.2 Å². The number of aliphatic hydroxyl groups excluding tert-OH is 1. The summed E-state index contributed by atoms with van der Waals surface area (Å²) >= 11 is 0. The van der Waals surface area contributed by atoms with Crippen molar-refractivity contribution in [3.8, 4) is 28.7 Å². The lowest BCUT2D eigenvalue weighted by molar-refractivity contribution is -0.127. The molecule has 1 heterocycles. The highest BCUT2D eigenvalue weighted by molar-refractivity contribution is 5.96. The van der Waals surface area contributed by atoms with Gasteiger partial charge in [0.15, 0.2) is 35.6 Å². The highest BCUT2D eigenvalue weighted by atomic mass is 16.7. The van der Waals surface area contributed by atoms with Crippen LogP contribution in [0.1, 0.15) is 34.2 Å². The molecule has 2 aromatic carbocycles. The number of carbonyl (C=O) groups excluding carboxylic acids is 2. The van der Waals surface area contributed by atoms with Crippen molar-refractivity contribution < 1.29 is 52.3 Å². The quantitative estimate of drug-likeness (QED) is 0.248. The lowest BCUT2D eigenvalue weighted by Gasteiger charge is -2.20. The van der Waals surface area contributed by atoms with Gasteiger partial charge in [-0.15, -0.1) is 0 Å². The summed E-state index contributed by atoms with van der Waals surface area (Å²) in [6.07, 6.45) is -1.70. The van der Waals surface area contributed by atoms with Crippen LogP contribution in [0.3, 0.4) is 0 Å². The molecule has 0 spiro atoms. The molecule has 0 bridgehead atoms. The zero-order valence-corrected chi connectivity index (χ0v) is 22.4. The maximum Gasteiger partial charge on any atom is 0.374 e. The Morgan fingerprint density at radius 1 is 0.897 bits per heavy atom. The minimum atomic E-state index is -1.60. The highest BCUT2D eigenvalue weighted by Crippen LogP contribution is 2.42. The first kappa shape index (κ1) is 29.3. The number of Topliss-reactive ketones (excluding diaryl/α,β-unsaturated/α-hetero) is 1. The average Bonchev–Trinajstić information content (AvgIpc) is 2.96. The Hall–Kier alpha value is -4.29. The molecule has 1 aromatic heterocycles. The van der Waals surface area contributed by atoms with E-state index in [4.69, 9.17) is 32.8 Å². The number of fused-ring (bicyclic) bond motifs is 1. The molecule has 210 valence electrons. The summed E-state index contributed by atoms with van der Waals surface area (Å²) in [5.74, 6) is -0.804. The van der Waals surface area contributed by atoms with Gasteiger partial charge in [0.2, 0.25) is 5.76 Å². The average molecular weight is 547 g/mol. The number of rotatable bonds is 13. The van der Waals surface area contributed by atoms with Gasteiger partial charge >= 0.3 is 11.6 Å². The smallest absolute Gasteiger partial charge is 0.374 e. The third kappa shape index (κ3) is 5.91. The molecular formula is C27H30O12. The molecule has 1 unspecified atom stereocenters. The molecule has 0 radical (unpaired) electrons.